The van der Waals surface area contributed by atoms with Crippen molar-refractivity contribution in [3.05, 3.63) is 57.8 Å². The smallest absolute Gasteiger partial charge is 0.128 e. The highest BCUT2D eigenvalue weighted by molar-refractivity contribution is 6.36. The van der Waals surface area contributed by atoms with Crippen molar-refractivity contribution in [2.45, 2.75) is 5.88 Å². The van der Waals surface area contributed by atoms with Crippen molar-refractivity contribution in [2.75, 3.05) is 0 Å². The lowest BCUT2D eigenvalue weighted by Gasteiger charge is -2.10. The van der Waals surface area contributed by atoms with Gasteiger partial charge in [-0.1, -0.05) is 41.4 Å². The van der Waals surface area contributed by atoms with Crippen LogP contribution in [-0.4, -0.2) is 0 Å². The molecule has 0 radical (unpaired) electrons. The minimum absolute atomic E-state index is 0.0982. The van der Waals surface area contributed by atoms with E-state index in [0.717, 1.165) is 5.56 Å². The molecule has 0 amide bonds. The largest absolute Gasteiger partial charge is 0.207 e. The van der Waals surface area contributed by atoms with Crippen LogP contribution in [0.4, 0.5) is 4.39 Å². The van der Waals surface area contributed by atoms with E-state index in [0.29, 0.717) is 21.2 Å². The van der Waals surface area contributed by atoms with Gasteiger partial charge in [-0.3, -0.25) is 0 Å². The van der Waals surface area contributed by atoms with Gasteiger partial charge in [-0.15, -0.1) is 11.6 Å². The van der Waals surface area contributed by atoms with Gasteiger partial charge in [0.1, 0.15) is 5.82 Å². The minimum atomic E-state index is -0.330. The standard InChI is InChI=1S/C13H8Cl3F/c14-7-11-9(2-1-3-13(11)17)10-5-4-8(15)6-12(10)16/h1-6H,7H2. The molecule has 0 unspecified atom stereocenters. The Labute approximate surface area is 114 Å². The predicted octanol–water partition coefficient (Wildman–Crippen LogP) is 5.54. The van der Waals surface area contributed by atoms with Gasteiger partial charge in [-0.05, 0) is 23.8 Å². The van der Waals surface area contributed by atoms with E-state index in [1.807, 2.05) is 0 Å². The SMILES string of the molecule is Fc1cccc(-c2ccc(Cl)cc2Cl)c1CCl. The van der Waals surface area contributed by atoms with E-state index in [-0.39, 0.29) is 11.7 Å². The molecule has 0 aliphatic carbocycles. The summed E-state index contributed by atoms with van der Waals surface area (Å²) >= 11 is 17.7. The summed E-state index contributed by atoms with van der Waals surface area (Å²) in [4.78, 5) is 0. The van der Waals surface area contributed by atoms with Crippen molar-refractivity contribution >= 4 is 34.8 Å². The van der Waals surface area contributed by atoms with E-state index >= 15 is 0 Å². The molecule has 0 N–H and O–H groups in total. The molecule has 88 valence electrons. The van der Waals surface area contributed by atoms with Crippen molar-refractivity contribution in [1.82, 2.24) is 0 Å². The maximum atomic E-state index is 13.6. The average molecular weight is 290 g/mol. The Balaban J connectivity index is 2.64. The van der Waals surface area contributed by atoms with Gasteiger partial charge in [0.25, 0.3) is 0 Å². The molecule has 0 saturated carbocycles. The third-order valence-corrected chi connectivity index (χ3v) is 3.29. The lowest BCUT2D eigenvalue weighted by Crippen LogP contribution is -1.92. The second kappa shape index (κ2) is 5.26. The van der Waals surface area contributed by atoms with Gasteiger partial charge in [-0.25, -0.2) is 4.39 Å². The first kappa shape index (κ1) is 12.7. The monoisotopic (exact) mass is 288 g/mol. The molecule has 0 atom stereocenters. The number of alkyl halides is 1. The Morgan fingerprint density at radius 3 is 2.41 bits per heavy atom. The minimum Gasteiger partial charge on any atom is -0.207 e. The second-order valence-corrected chi connectivity index (χ2v) is 4.63. The van der Waals surface area contributed by atoms with E-state index in [9.17, 15) is 4.39 Å². The molecule has 0 aliphatic rings. The van der Waals surface area contributed by atoms with Crippen molar-refractivity contribution in [3.63, 3.8) is 0 Å². The van der Waals surface area contributed by atoms with Gasteiger partial charge in [0, 0.05) is 21.2 Å². The molecule has 2 aromatic carbocycles. The molecule has 0 saturated heterocycles. The molecular formula is C13H8Cl3F. The normalized spacial score (nSPS) is 10.6. The molecule has 4 heteroatoms. The first-order chi connectivity index (χ1) is 8.13. The highest BCUT2D eigenvalue weighted by Crippen LogP contribution is 2.34. The van der Waals surface area contributed by atoms with Crippen molar-refractivity contribution in [2.24, 2.45) is 0 Å². The Bertz CT molecular complexity index is 552. The summed E-state index contributed by atoms with van der Waals surface area (Å²) in [7, 11) is 0. The summed E-state index contributed by atoms with van der Waals surface area (Å²) in [5, 5.41) is 1.03. The molecule has 0 nitrogen and oxygen atoms in total. The molecular weight excluding hydrogens is 281 g/mol. The maximum absolute atomic E-state index is 13.6. The number of hydrogen-bond donors (Lipinski definition) is 0. The Morgan fingerprint density at radius 1 is 1.00 bits per heavy atom. The summed E-state index contributed by atoms with van der Waals surface area (Å²) in [5.41, 5.74) is 1.87. The van der Waals surface area contributed by atoms with E-state index < -0.39 is 0 Å². The molecule has 0 fully saturated rings. The van der Waals surface area contributed by atoms with Crippen LogP contribution < -0.4 is 0 Å². The number of hydrogen-bond acceptors (Lipinski definition) is 0. The fourth-order valence-corrected chi connectivity index (χ4v) is 2.44. The lowest BCUT2D eigenvalue weighted by atomic mass is 10.0. The van der Waals surface area contributed by atoms with Gasteiger partial charge in [0.15, 0.2) is 0 Å². The van der Waals surface area contributed by atoms with E-state index in [1.54, 1.807) is 30.3 Å². The first-order valence-corrected chi connectivity index (χ1v) is 6.21. The van der Waals surface area contributed by atoms with Crippen LogP contribution in [0.1, 0.15) is 5.56 Å². The highest BCUT2D eigenvalue weighted by Gasteiger charge is 2.11. The zero-order valence-corrected chi connectivity index (χ0v) is 11.0. The predicted molar refractivity (Wildman–Crippen MR) is 71.4 cm³/mol. The van der Waals surface area contributed by atoms with E-state index in [1.165, 1.54) is 6.07 Å². The topological polar surface area (TPSA) is 0 Å². The molecule has 0 aliphatic heterocycles. The van der Waals surface area contributed by atoms with Crippen molar-refractivity contribution in [1.29, 1.82) is 0 Å². The first-order valence-electron chi connectivity index (χ1n) is 4.92. The maximum Gasteiger partial charge on any atom is 0.128 e. The lowest BCUT2D eigenvalue weighted by molar-refractivity contribution is 0.617. The number of rotatable bonds is 2. The zero-order valence-electron chi connectivity index (χ0n) is 8.68. The fourth-order valence-electron chi connectivity index (χ4n) is 1.65. The summed E-state index contributed by atoms with van der Waals surface area (Å²) < 4.78 is 13.6. The zero-order chi connectivity index (χ0) is 12.4. The number of halogens is 4. The quantitative estimate of drug-likeness (QED) is 0.637. The van der Waals surface area contributed by atoms with Gasteiger partial charge in [0.2, 0.25) is 0 Å². The summed E-state index contributed by atoms with van der Waals surface area (Å²) in [6, 6.07) is 9.90. The van der Waals surface area contributed by atoms with Crippen LogP contribution in [0, 0.1) is 5.82 Å². The van der Waals surface area contributed by atoms with Crippen molar-refractivity contribution in [3.8, 4) is 11.1 Å². The van der Waals surface area contributed by atoms with Crippen LogP contribution in [-0.2, 0) is 5.88 Å². The van der Waals surface area contributed by atoms with Crippen LogP contribution in [0.3, 0.4) is 0 Å². The highest BCUT2D eigenvalue weighted by atomic mass is 35.5. The Hall–Kier alpha value is -0.760. The summed E-state index contributed by atoms with van der Waals surface area (Å²) in [5.74, 6) is -0.232. The molecule has 2 aromatic rings. The molecule has 2 rings (SSSR count). The third-order valence-electron chi connectivity index (χ3n) is 2.47. The molecule has 17 heavy (non-hydrogen) atoms. The van der Waals surface area contributed by atoms with Crippen molar-refractivity contribution < 1.29 is 4.39 Å². The summed E-state index contributed by atoms with van der Waals surface area (Å²) in [6.07, 6.45) is 0. The molecule has 0 bridgehead atoms. The third kappa shape index (κ3) is 2.57. The van der Waals surface area contributed by atoms with Gasteiger partial charge in [-0.2, -0.15) is 0 Å². The van der Waals surface area contributed by atoms with Gasteiger partial charge < -0.3 is 0 Å². The molecule has 0 spiro atoms. The Kier molecular flexibility index (Phi) is 3.93. The van der Waals surface area contributed by atoms with Crippen LogP contribution in [0.5, 0.6) is 0 Å². The second-order valence-electron chi connectivity index (χ2n) is 3.52. The van der Waals surface area contributed by atoms with E-state index in [4.69, 9.17) is 34.8 Å². The van der Waals surface area contributed by atoms with Gasteiger partial charge in [0.05, 0.1) is 5.88 Å². The fraction of sp³-hybridized carbons (Fsp3) is 0.0769. The summed E-state index contributed by atoms with van der Waals surface area (Å²) in [6.45, 7) is 0. The molecule has 0 heterocycles. The molecule has 0 aromatic heterocycles. The van der Waals surface area contributed by atoms with Crippen LogP contribution >= 0.6 is 34.8 Å². The van der Waals surface area contributed by atoms with E-state index in [2.05, 4.69) is 0 Å². The van der Waals surface area contributed by atoms with Crippen LogP contribution in [0.15, 0.2) is 36.4 Å². The average Bonchev–Trinajstić information content (AvgIpc) is 2.29. The number of benzene rings is 2. The van der Waals surface area contributed by atoms with Gasteiger partial charge >= 0.3 is 0 Å². The van der Waals surface area contributed by atoms with Crippen LogP contribution in [0.2, 0.25) is 10.0 Å². The Morgan fingerprint density at radius 2 is 1.76 bits per heavy atom. The van der Waals surface area contributed by atoms with Crippen LogP contribution in [0.25, 0.3) is 11.1 Å².